The largest absolute Gasteiger partial charge is 0.478 e. The Morgan fingerprint density at radius 2 is 2.00 bits per heavy atom. The van der Waals surface area contributed by atoms with Crippen molar-refractivity contribution in [2.75, 3.05) is 18.0 Å². The molecular formula is C14H18N4O2S. The molecule has 112 valence electrons. The van der Waals surface area contributed by atoms with Gasteiger partial charge in [0.1, 0.15) is 5.56 Å². The molecule has 0 aromatic carbocycles. The van der Waals surface area contributed by atoms with Crippen molar-refractivity contribution in [3.8, 4) is 0 Å². The Hall–Kier alpha value is -1.76. The molecule has 3 heterocycles. The summed E-state index contributed by atoms with van der Waals surface area (Å²) in [4.78, 5) is 18.0. The highest BCUT2D eigenvalue weighted by molar-refractivity contribution is 8.00. The van der Waals surface area contributed by atoms with Crippen LogP contribution in [0, 0.1) is 0 Å². The van der Waals surface area contributed by atoms with Gasteiger partial charge >= 0.3 is 5.97 Å². The fraction of sp³-hybridized carbons (Fsp3) is 0.500. The van der Waals surface area contributed by atoms with Crippen LogP contribution >= 0.6 is 11.8 Å². The smallest absolute Gasteiger partial charge is 0.339 e. The van der Waals surface area contributed by atoms with Gasteiger partial charge in [-0.3, -0.25) is 4.68 Å². The maximum atomic E-state index is 11.6. The number of anilines is 1. The Morgan fingerprint density at radius 3 is 2.62 bits per heavy atom. The van der Waals surface area contributed by atoms with E-state index in [4.69, 9.17) is 0 Å². The Kier molecular flexibility index (Phi) is 3.52. The molecule has 7 heteroatoms. The highest BCUT2D eigenvalue weighted by atomic mass is 32.2. The molecule has 1 aliphatic rings. The first-order valence-corrected chi connectivity index (χ1v) is 7.86. The van der Waals surface area contributed by atoms with E-state index in [-0.39, 0.29) is 5.56 Å². The minimum absolute atomic E-state index is 0.252. The highest BCUT2D eigenvalue weighted by Gasteiger charge is 2.28. The first-order chi connectivity index (χ1) is 9.97. The summed E-state index contributed by atoms with van der Waals surface area (Å²) in [5.41, 5.74) is 1.72. The van der Waals surface area contributed by atoms with Gasteiger partial charge in [0.15, 0.2) is 5.65 Å². The molecule has 3 rings (SSSR count). The number of hydrogen-bond donors (Lipinski definition) is 1. The average Bonchev–Trinajstić information content (AvgIpc) is 2.78. The number of fused-ring (bicyclic) bond motifs is 1. The molecule has 2 unspecified atom stereocenters. The average molecular weight is 306 g/mol. The maximum absolute atomic E-state index is 11.6. The number of carbonyl (C=O) groups is 1. The summed E-state index contributed by atoms with van der Waals surface area (Å²) >= 11 is 1.94. The van der Waals surface area contributed by atoms with Crippen molar-refractivity contribution in [3.63, 3.8) is 0 Å². The van der Waals surface area contributed by atoms with Crippen LogP contribution < -0.4 is 4.90 Å². The van der Waals surface area contributed by atoms with E-state index < -0.39 is 5.97 Å². The molecule has 1 N–H and O–H groups in total. The molecular weight excluding hydrogens is 288 g/mol. The lowest BCUT2D eigenvalue weighted by atomic mass is 10.1. The minimum atomic E-state index is -0.943. The van der Waals surface area contributed by atoms with Crippen molar-refractivity contribution in [3.05, 3.63) is 18.0 Å². The number of carboxylic acids is 1. The molecule has 2 atom stereocenters. The quantitative estimate of drug-likeness (QED) is 0.915. The number of carboxylic acid groups (broad SMARTS) is 1. The predicted octanol–water partition coefficient (Wildman–Crippen LogP) is 2.00. The van der Waals surface area contributed by atoms with Crippen LogP contribution in [0.15, 0.2) is 12.4 Å². The zero-order valence-corrected chi connectivity index (χ0v) is 13.1. The van der Waals surface area contributed by atoms with Crippen molar-refractivity contribution in [2.45, 2.75) is 24.3 Å². The van der Waals surface area contributed by atoms with Crippen molar-refractivity contribution >= 4 is 34.5 Å². The van der Waals surface area contributed by atoms with Crippen molar-refractivity contribution < 1.29 is 9.90 Å². The Balaban J connectivity index is 2.18. The standard InChI is InChI=1S/C14H18N4O2S/c1-8-6-18(7-9(2)21-8)12-10-5-16-17(3)13(10)15-4-11(12)14(19)20/h4-5,8-9H,6-7H2,1-3H3,(H,19,20). The first kappa shape index (κ1) is 14.2. The summed E-state index contributed by atoms with van der Waals surface area (Å²) in [6.07, 6.45) is 3.15. The van der Waals surface area contributed by atoms with Gasteiger partial charge in [0.2, 0.25) is 0 Å². The molecule has 0 bridgehead atoms. The van der Waals surface area contributed by atoms with Gasteiger partial charge in [0, 0.05) is 36.8 Å². The molecule has 21 heavy (non-hydrogen) atoms. The van der Waals surface area contributed by atoms with Crippen LogP contribution in [-0.4, -0.2) is 49.4 Å². The van der Waals surface area contributed by atoms with Gasteiger partial charge in [0.05, 0.1) is 17.3 Å². The normalized spacial score (nSPS) is 22.7. The molecule has 1 aliphatic heterocycles. The summed E-state index contributed by atoms with van der Waals surface area (Å²) in [6, 6.07) is 0. The lowest BCUT2D eigenvalue weighted by Gasteiger charge is -2.37. The molecule has 2 aromatic rings. The van der Waals surface area contributed by atoms with E-state index in [0.717, 1.165) is 24.2 Å². The molecule has 0 radical (unpaired) electrons. The SMILES string of the molecule is CC1CN(c2c(C(=O)O)cnc3c2cnn3C)CC(C)S1. The molecule has 6 nitrogen and oxygen atoms in total. The van der Waals surface area contributed by atoms with Gasteiger partial charge in [-0.2, -0.15) is 16.9 Å². The van der Waals surface area contributed by atoms with Crippen LogP contribution in [-0.2, 0) is 7.05 Å². The van der Waals surface area contributed by atoms with Crippen molar-refractivity contribution in [2.24, 2.45) is 7.05 Å². The van der Waals surface area contributed by atoms with Gasteiger partial charge in [0.25, 0.3) is 0 Å². The molecule has 0 saturated carbocycles. The number of nitrogens with zero attached hydrogens (tertiary/aromatic N) is 4. The van der Waals surface area contributed by atoms with Gasteiger partial charge in [-0.15, -0.1) is 0 Å². The van der Waals surface area contributed by atoms with Gasteiger partial charge in [-0.25, -0.2) is 9.78 Å². The Bertz CT molecular complexity index is 690. The van der Waals surface area contributed by atoms with Gasteiger partial charge in [-0.1, -0.05) is 13.8 Å². The molecule has 0 amide bonds. The predicted molar refractivity (Wildman–Crippen MR) is 84.2 cm³/mol. The zero-order valence-electron chi connectivity index (χ0n) is 12.3. The molecule has 1 fully saturated rings. The maximum Gasteiger partial charge on any atom is 0.339 e. The second-order valence-corrected chi connectivity index (χ2v) is 7.38. The number of rotatable bonds is 2. The van der Waals surface area contributed by atoms with Crippen molar-refractivity contribution in [1.29, 1.82) is 0 Å². The molecule has 0 spiro atoms. The second kappa shape index (κ2) is 5.22. The number of thioether (sulfide) groups is 1. The topological polar surface area (TPSA) is 71.2 Å². The fourth-order valence-electron chi connectivity index (χ4n) is 2.94. The second-order valence-electron chi connectivity index (χ2n) is 5.49. The lowest BCUT2D eigenvalue weighted by molar-refractivity contribution is 0.0697. The Labute approximate surface area is 127 Å². The van der Waals surface area contributed by atoms with Crippen LogP contribution in [0.2, 0.25) is 0 Å². The van der Waals surface area contributed by atoms with Crippen LogP contribution in [0.3, 0.4) is 0 Å². The van der Waals surface area contributed by atoms with Gasteiger partial charge in [-0.05, 0) is 0 Å². The van der Waals surface area contributed by atoms with E-state index in [1.165, 1.54) is 6.20 Å². The van der Waals surface area contributed by atoms with E-state index in [2.05, 4.69) is 28.8 Å². The van der Waals surface area contributed by atoms with Crippen LogP contribution in [0.25, 0.3) is 11.0 Å². The molecule has 1 saturated heterocycles. The first-order valence-electron chi connectivity index (χ1n) is 6.91. The summed E-state index contributed by atoms with van der Waals surface area (Å²) in [6.45, 7) is 6.03. The third kappa shape index (κ3) is 2.46. The van der Waals surface area contributed by atoms with E-state index in [9.17, 15) is 9.90 Å². The van der Waals surface area contributed by atoms with Crippen molar-refractivity contribution in [1.82, 2.24) is 14.8 Å². The van der Waals surface area contributed by atoms with Gasteiger partial charge < -0.3 is 10.0 Å². The lowest BCUT2D eigenvalue weighted by Crippen LogP contribution is -2.41. The highest BCUT2D eigenvalue weighted by Crippen LogP contribution is 2.34. The summed E-state index contributed by atoms with van der Waals surface area (Å²) in [5.74, 6) is -0.943. The summed E-state index contributed by atoms with van der Waals surface area (Å²) < 4.78 is 1.68. The van der Waals surface area contributed by atoms with Crippen LogP contribution in [0.1, 0.15) is 24.2 Å². The third-order valence-corrected chi connectivity index (χ3v) is 4.93. The van der Waals surface area contributed by atoms with E-state index >= 15 is 0 Å². The van der Waals surface area contributed by atoms with Crippen LogP contribution in [0.4, 0.5) is 5.69 Å². The molecule has 0 aliphatic carbocycles. The van der Waals surface area contributed by atoms with E-state index in [0.29, 0.717) is 16.1 Å². The fourth-order valence-corrected chi connectivity index (χ4v) is 4.27. The number of pyridine rings is 1. The monoisotopic (exact) mass is 306 g/mol. The number of aromatic carboxylic acids is 1. The van der Waals surface area contributed by atoms with E-state index in [1.54, 1.807) is 10.9 Å². The molecule has 2 aromatic heterocycles. The zero-order chi connectivity index (χ0) is 15.1. The minimum Gasteiger partial charge on any atom is -0.478 e. The number of hydrogen-bond acceptors (Lipinski definition) is 5. The third-order valence-electron chi connectivity index (χ3n) is 3.70. The van der Waals surface area contributed by atoms with Crippen LogP contribution in [0.5, 0.6) is 0 Å². The number of aromatic nitrogens is 3. The summed E-state index contributed by atoms with van der Waals surface area (Å²) in [7, 11) is 1.82. The summed E-state index contributed by atoms with van der Waals surface area (Å²) in [5, 5.41) is 15.5. The van der Waals surface area contributed by atoms with E-state index in [1.807, 2.05) is 18.8 Å². The Morgan fingerprint density at radius 1 is 1.33 bits per heavy atom. The number of aryl methyl sites for hydroxylation is 1.